The van der Waals surface area contributed by atoms with E-state index in [9.17, 15) is 4.79 Å². The zero-order valence-electron chi connectivity index (χ0n) is 11.3. The molecular weight excluding hydrogens is 262 g/mol. The van der Waals surface area contributed by atoms with E-state index in [0.717, 1.165) is 12.8 Å². The Balaban J connectivity index is 0.00000324. The fraction of sp³-hybridized carbons (Fsp3) is 0.429. The zero-order valence-corrected chi connectivity index (χ0v) is 12.1. The number of benzene rings is 1. The van der Waals surface area contributed by atoms with E-state index >= 15 is 0 Å². The van der Waals surface area contributed by atoms with Crippen LogP contribution in [0.5, 0.6) is 0 Å². The number of hydrogen-bond donors (Lipinski definition) is 2. The van der Waals surface area contributed by atoms with Crippen molar-refractivity contribution in [1.29, 1.82) is 5.26 Å². The van der Waals surface area contributed by atoms with Crippen LogP contribution in [0.2, 0.25) is 0 Å². The zero-order chi connectivity index (χ0) is 13.6. The van der Waals surface area contributed by atoms with E-state index in [4.69, 9.17) is 11.0 Å². The van der Waals surface area contributed by atoms with Gasteiger partial charge < -0.3 is 11.1 Å². The van der Waals surface area contributed by atoms with Crippen molar-refractivity contribution >= 4 is 18.3 Å². The Labute approximate surface area is 120 Å². The molecule has 1 aromatic rings. The standard InChI is InChI=1S/C14H19N3O.ClH/c1-3-14(16,4-2)10-17-13(18)12-7-5-11(9-15)6-8-12;/h5-8H,3-4,10,16H2,1-2H3,(H,17,18);1H. The van der Waals surface area contributed by atoms with Gasteiger partial charge in [-0.3, -0.25) is 4.79 Å². The van der Waals surface area contributed by atoms with Crippen LogP contribution in [0.4, 0.5) is 0 Å². The van der Waals surface area contributed by atoms with Crippen molar-refractivity contribution in [3.63, 3.8) is 0 Å². The highest BCUT2D eigenvalue weighted by molar-refractivity contribution is 5.94. The number of rotatable bonds is 5. The summed E-state index contributed by atoms with van der Waals surface area (Å²) in [7, 11) is 0. The average Bonchev–Trinajstić information content (AvgIpc) is 2.44. The van der Waals surface area contributed by atoms with Crippen molar-refractivity contribution in [3.05, 3.63) is 35.4 Å². The van der Waals surface area contributed by atoms with Gasteiger partial charge in [0.2, 0.25) is 0 Å². The molecule has 4 nitrogen and oxygen atoms in total. The van der Waals surface area contributed by atoms with Gasteiger partial charge in [0, 0.05) is 17.6 Å². The Morgan fingerprint density at radius 1 is 1.32 bits per heavy atom. The molecule has 0 saturated carbocycles. The summed E-state index contributed by atoms with van der Waals surface area (Å²) >= 11 is 0. The summed E-state index contributed by atoms with van der Waals surface area (Å²) in [5.41, 5.74) is 6.85. The number of nitrogens with one attached hydrogen (secondary N) is 1. The molecule has 0 fully saturated rings. The maximum Gasteiger partial charge on any atom is 0.251 e. The highest BCUT2D eigenvalue weighted by Gasteiger charge is 2.21. The van der Waals surface area contributed by atoms with Gasteiger partial charge in [-0.2, -0.15) is 5.26 Å². The number of nitrogens with zero attached hydrogens (tertiary/aromatic N) is 1. The maximum atomic E-state index is 11.9. The first-order valence-corrected chi connectivity index (χ1v) is 6.12. The van der Waals surface area contributed by atoms with Crippen LogP contribution in [0, 0.1) is 11.3 Å². The van der Waals surface area contributed by atoms with Crippen molar-refractivity contribution in [2.45, 2.75) is 32.2 Å². The Morgan fingerprint density at radius 2 is 1.84 bits per heavy atom. The van der Waals surface area contributed by atoms with Crippen molar-refractivity contribution < 1.29 is 4.79 Å². The highest BCUT2D eigenvalue weighted by Crippen LogP contribution is 2.10. The molecule has 0 aliphatic heterocycles. The number of carbonyl (C=O) groups excluding carboxylic acids is 1. The third kappa shape index (κ3) is 4.90. The first-order valence-electron chi connectivity index (χ1n) is 6.12. The Morgan fingerprint density at radius 3 is 2.26 bits per heavy atom. The SMILES string of the molecule is CCC(N)(CC)CNC(=O)c1ccc(C#N)cc1.Cl. The number of amides is 1. The van der Waals surface area contributed by atoms with Crippen molar-refractivity contribution in [1.82, 2.24) is 5.32 Å². The van der Waals surface area contributed by atoms with Gasteiger partial charge in [-0.05, 0) is 37.1 Å². The van der Waals surface area contributed by atoms with E-state index < -0.39 is 0 Å². The lowest BCUT2D eigenvalue weighted by Gasteiger charge is -2.26. The highest BCUT2D eigenvalue weighted by atomic mass is 35.5. The van der Waals surface area contributed by atoms with Crippen LogP contribution < -0.4 is 11.1 Å². The molecule has 0 aliphatic rings. The molecule has 1 rings (SSSR count). The van der Waals surface area contributed by atoms with Gasteiger partial charge in [0.05, 0.1) is 11.6 Å². The molecule has 19 heavy (non-hydrogen) atoms. The minimum Gasteiger partial charge on any atom is -0.350 e. The van der Waals surface area contributed by atoms with Gasteiger partial charge >= 0.3 is 0 Å². The minimum absolute atomic E-state index is 0. The van der Waals surface area contributed by atoms with E-state index in [0.29, 0.717) is 17.7 Å². The number of nitriles is 1. The van der Waals surface area contributed by atoms with Crippen LogP contribution in [0.25, 0.3) is 0 Å². The minimum atomic E-state index is -0.345. The molecule has 0 aromatic heterocycles. The van der Waals surface area contributed by atoms with Crippen molar-refractivity contribution in [3.8, 4) is 6.07 Å². The lowest BCUT2D eigenvalue weighted by molar-refractivity contribution is 0.0942. The Kier molecular flexibility index (Phi) is 7.13. The predicted molar refractivity (Wildman–Crippen MR) is 78.2 cm³/mol. The van der Waals surface area contributed by atoms with Gasteiger partial charge in [-0.1, -0.05) is 13.8 Å². The fourth-order valence-corrected chi connectivity index (χ4v) is 1.55. The molecule has 0 saturated heterocycles. The van der Waals surface area contributed by atoms with Crippen LogP contribution in [-0.2, 0) is 0 Å². The molecule has 0 unspecified atom stereocenters. The normalized spacial score (nSPS) is 10.2. The Hall–Kier alpha value is -1.57. The summed E-state index contributed by atoms with van der Waals surface area (Å²) in [5.74, 6) is -0.156. The second-order valence-corrected chi connectivity index (χ2v) is 4.44. The third-order valence-corrected chi connectivity index (χ3v) is 3.29. The topological polar surface area (TPSA) is 78.9 Å². The number of nitrogens with two attached hydrogens (primary N) is 1. The molecule has 0 bridgehead atoms. The molecule has 0 aliphatic carbocycles. The van der Waals surface area contributed by atoms with E-state index in [1.165, 1.54) is 0 Å². The first-order chi connectivity index (χ1) is 8.54. The van der Waals surface area contributed by atoms with Crippen LogP contribution in [-0.4, -0.2) is 18.0 Å². The number of carbonyl (C=O) groups is 1. The molecular formula is C14H20ClN3O. The number of halogens is 1. The van der Waals surface area contributed by atoms with Gasteiger partial charge in [-0.25, -0.2) is 0 Å². The van der Waals surface area contributed by atoms with Crippen molar-refractivity contribution in [2.75, 3.05) is 6.54 Å². The molecule has 0 radical (unpaired) electrons. The summed E-state index contributed by atoms with van der Waals surface area (Å²) < 4.78 is 0. The van der Waals surface area contributed by atoms with E-state index in [2.05, 4.69) is 5.32 Å². The lowest BCUT2D eigenvalue weighted by atomic mass is 9.94. The molecule has 1 amide bonds. The third-order valence-electron chi connectivity index (χ3n) is 3.29. The summed E-state index contributed by atoms with van der Waals surface area (Å²) in [4.78, 5) is 11.9. The quantitative estimate of drug-likeness (QED) is 0.869. The van der Waals surface area contributed by atoms with Gasteiger partial charge in [0.25, 0.3) is 5.91 Å². The summed E-state index contributed by atoms with van der Waals surface area (Å²) in [5, 5.41) is 11.5. The molecule has 5 heteroatoms. The second kappa shape index (κ2) is 7.78. The summed E-state index contributed by atoms with van der Waals surface area (Å²) in [6.45, 7) is 4.48. The molecule has 0 spiro atoms. The van der Waals surface area contributed by atoms with Gasteiger partial charge in [0.15, 0.2) is 0 Å². The van der Waals surface area contributed by atoms with Crippen molar-refractivity contribution in [2.24, 2.45) is 5.73 Å². The van der Waals surface area contributed by atoms with Crippen LogP contribution in [0.15, 0.2) is 24.3 Å². The van der Waals surface area contributed by atoms with Crippen LogP contribution >= 0.6 is 12.4 Å². The monoisotopic (exact) mass is 281 g/mol. The maximum absolute atomic E-state index is 11.9. The molecule has 0 heterocycles. The largest absolute Gasteiger partial charge is 0.350 e. The second-order valence-electron chi connectivity index (χ2n) is 4.44. The Bertz CT molecular complexity index is 447. The molecule has 1 aromatic carbocycles. The van der Waals surface area contributed by atoms with E-state index in [1.807, 2.05) is 19.9 Å². The number of hydrogen-bond acceptors (Lipinski definition) is 3. The van der Waals surface area contributed by atoms with E-state index in [-0.39, 0.29) is 23.9 Å². The fourth-order valence-electron chi connectivity index (χ4n) is 1.55. The predicted octanol–water partition coefficient (Wildman–Crippen LogP) is 2.23. The molecule has 104 valence electrons. The average molecular weight is 282 g/mol. The summed E-state index contributed by atoms with van der Waals surface area (Å²) in [6.07, 6.45) is 1.63. The lowest BCUT2D eigenvalue weighted by Crippen LogP contribution is -2.49. The van der Waals surface area contributed by atoms with Gasteiger partial charge in [-0.15, -0.1) is 12.4 Å². The van der Waals surface area contributed by atoms with Gasteiger partial charge in [0.1, 0.15) is 0 Å². The molecule has 0 atom stereocenters. The first kappa shape index (κ1) is 17.4. The smallest absolute Gasteiger partial charge is 0.251 e. The van der Waals surface area contributed by atoms with Crippen LogP contribution in [0.3, 0.4) is 0 Å². The molecule has 3 N–H and O–H groups in total. The summed E-state index contributed by atoms with van der Waals surface area (Å²) in [6, 6.07) is 8.56. The van der Waals surface area contributed by atoms with E-state index in [1.54, 1.807) is 24.3 Å². The van der Waals surface area contributed by atoms with Crippen LogP contribution in [0.1, 0.15) is 42.6 Å².